The van der Waals surface area contributed by atoms with Crippen LogP contribution >= 0.6 is 0 Å². The van der Waals surface area contributed by atoms with Crippen molar-refractivity contribution >= 4 is 22.8 Å². The smallest absolute Gasteiger partial charge is 0.222 e. The molecule has 30 heavy (non-hydrogen) atoms. The molecule has 0 aliphatic rings. The lowest BCUT2D eigenvalue weighted by molar-refractivity contribution is 0.301. The average Bonchev–Trinajstić information content (AvgIpc) is 3.12. The van der Waals surface area contributed by atoms with Gasteiger partial charge in [0.15, 0.2) is 11.3 Å². The van der Waals surface area contributed by atoms with Crippen molar-refractivity contribution < 1.29 is 5.11 Å². The van der Waals surface area contributed by atoms with Gasteiger partial charge in [-0.05, 0) is 17.5 Å². The fourth-order valence-corrected chi connectivity index (χ4v) is 3.33. The molecular formula is C22H33N7O. The second-order valence-electron chi connectivity index (χ2n) is 7.88. The van der Waals surface area contributed by atoms with Gasteiger partial charge in [-0.2, -0.15) is 10.1 Å². The largest absolute Gasteiger partial charge is 0.395 e. The maximum absolute atomic E-state index is 9.48. The molecule has 8 heteroatoms. The average molecular weight is 412 g/mol. The number of nitrogens with two attached hydrogens (primary N) is 1. The number of rotatable bonds is 11. The highest BCUT2D eigenvalue weighted by Crippen LogP contribution is 2.24. The van der Waals surface area contributed by atoms with Crippen molar-refractivity contribution in [2.24, 2.45) is 0 Å². The van der Waals surface area contributed by atoms with Crippen LogP contribution in [0, 0.1) is 0 Å². The summed E-state index contributed by atoms with van der Waals surface area (Å²) >= 11 is 0. The summed E-state index contributed by atoms with van der Waals surface area (Å²) in [5.41, 5.74) is 9.82. The maximum atomic E-state index is 9.48. The van der Waals surface area contributed by atoms with Crippen LogP contribution in [0.2, 0.25) is 0 Å². The Morgan fingerprint density at radius 1 is 1.13 bits per heavy atom. The molecule has 4 N–H and O–H groups in total. The summed E-state index contributed by atoms with van der Waals surface area (Å²) in [7, 11) is 0. The van der Waals surface area contributed by atoms with Gasteiger partial charge in [-0.25, -0.2) is 4.98 Å². The van der Waals surface area contributed by atoms with Crippen molar-refractivity contribution in [1.82, 2.24) is 25.1 Å². The Labute approximate surface area is 178 Å². The van der Waals surface area contributed by atoms with E-state index in [0.717, 1.165) is 37.0 Å². The Morgan fingerprint density at radius 2 is 1.87 bits per heavy atom. The number of hydrogen-bond donors (Lipinski definition) is 3. The van der Waals surface area contributed by atoms with Gasteiger partial charge >= 0.3 is 0 Å². The Hall–Kier alpha value is -2.71. The number of aliphatic hydroxyl groups excluding tert-OH is 1. The number of hydrogen-bond acceptors (Lipinski definition) is 7. The highest BCUT2D eigenvalue weighted by atomic mass is 16.3. The van der Waals surface area contributed by atoms with Crippen molar-refractivity contribution in [2.45, 2.75) is 52.7 Å². The van der Waals surface area contributed by atoms with E-state index in [1.54, 1.807) is 0 Å². The molecule has 1 aromatic carbocycles. The maximum Gasteiger partial charge on any atom is 0.222 e. The molecule has 0 amide bonds. The van der Waals surface area contributed by atoms with E-state index < -0.39 is 0 Å². The zero-order chi connectivity index (χ0) is 21.5. The molecule has 162 valence electrons. The Kier molecular flexibility index (Phi) is 7.59. The monoisotopic (exact) mass is 411 g/mol. The Morgan fingerprint density at radius 3 is 2.53 bits per heavy atom. The molecule has 0 saturated carbocycles. The predicted octanol–water partition coefficient (Wildman–Crippen LogP) is 2.55. The van der Waals surface area contributed by atoms with E-state index in [2.05, 4.69) is 60.3 Å². The summed E-state index contributed by atoms with van der Waals surface area (Å²) < 4.78 is 1.88. The predicted molar refractivity (Wildman–Crippen MR) is 121 cm³/mol. The third-order valence-electron chi connectivity index (χ3n) is 4.94. The van der Waals surface area contributed by atoms with Crippen LogP contribution in [0.5, 0.6) is 0 Å². The second-order valence-corrected chi connectivity index (χ2v) is 7.88. The summed E-state index contributed by atoms with van der Waals surface area (Å²) in [5.74, 6) is 0.910. The number of anilines is 2. The first-order chi connectivity index (χ1) is 14.5. The van der Waals surface area contributed by atoms with Crippen molar-refractivity contribution in [2.75, 3.05) is 30.3 Å². The number of benzene rings is 1. The van der Waals surface area contributed by atoms with Crippen LogP contribution in [0.25, 0.3) is 11.0 Å². The lowest BCUT2D eigenvalue weighted by Gasteiger charge is -2.22. The molecule has 2 aromatic heterocycles. The third kappa shape index (κ3) is 5.67. The fourth-order valence-electron chi connectivity index (χ4n) is 3.33. The molecule has 0 saturated heterocycles. The van der Waals surface area contributed by atoms with Crippen LogP contribution in [-0.4, -0.2) is 50.6 Å². The van der Waals surface area contributed by atoms with Gasteiger partial charge in [-0.1, -0.05) is 51.5 Å². The number of nitrogens with zero attached hydrogens (tertiary/aromatic N) is 5. The van der Waals surface area contributed by atoms with Gasteiger partial charge < -0.3 is 21.1 Å². The van der Waals surface area contributed by atoms with Crippen LogP contribution < -0.4 is 16.0 Å². The Bertz CT molecular complexity index is 937. The number of unbranched alkanes of at least 4 members (excludes halogenated alkanes) is 1. The molecule has 3 aromatic rings. The van der Waals surface area contributed by atoms with Crippen LogP contribution in [0.15, 0.2) is 30.5 Å². The molecule has 0 bridgehead atoms. The van der Waals surface area contributed by atoms with Gasteiger partial charge in [0, 0.05) is 25.7 Å². The van der Waals surface area contributed by atoms with E-state index in [9.17, 15) is 5.11 Å². The first-order valence-electron chi connectivity index (χ1n) is 10.7. The van der Waals surface area contributed by atoms with Crippen molar-refractivity contribution in [1.29, 1.82) is 0 Å². The molecule has 0 spiro atoms. The van der Waals surface area contributed by atoms with Gasteiger partial charge in [0.25, 0.3) is 0 Å². The van der Waals surface area contributed by atoms with E-state index in [1.165, 1.54) is 5.56 Å². The third-order valence-corrected chi connectivity index (χ3v) is 4.94. The van der Waals surface area contributed by atoms with Gasteiger partial charge in [0.05, 0.1) is 19.3 Å². The molecule has 0 unspecified atom stereocenters. The van der Waals surface area contributed by atoms with E-state index >= 15 is 0 Å². The summed E-state index contributed by atoms with van der Waals surface area (Å²) in [6, 6.07) is 9.01. The molecule has 2 heterocycles. The van der Waals surface area contributed by atoms with Crippen LogP contribution in [0.3, 0.4) is 0 Å². The molecule has 0 aliphatic heterocycles. The lowest BCUT2D eigenvalue weighted by Crippen LogP contribution is -2.29. The topological polar surface area (TPSA) is 105 Å². The van der Waals surface area contributed by atoms with Crippen LogP contribution in [0.1, 0.15) is 44.7 Å². The minimum absolute atomic E-state index is 0.0494. The molecule has 8 nitrogen and oxygen atoms in total. The summed E-state index contributed by atoms with van der Waals surface area (Å²) in [6.45, 7) is 9.26. The van der Waals surface area contributed by atoms with E-state index in [1.807, 2.05) is 15.8 Å². The quantitative estimate of drug-likeness (QED) is 0.445. The number of aromatic nitrogens is 4. The zero-order valence-electron chi connectivity index (χ0n) is 18.2. The first kappa shape index (κ1) is 22.0. The van der Waals surface area contributed by atoms with Crippen LogP contribution in [0.4, 0.5) is 11.8 Å². The van der Waals surface area contributed by atoms with Gasteiger partial charge in [-0.15, -0.1) is 0 Å². The lowest BCUT2D eigenvalue weighted by atomic mass is 10.1. The van der Waals surface area contributed by atoms with Gasteiger partial charge in [0.2, 0.25) is 5.95 Å². The molecule has 3 rings (SSSR count). The zero-order valence-corrected chi connectivity index (χ0v) is 18.2. The standard InChI is InChI=1S/C22H33N7O/c1-4-5-10-28(11-12-30)21-20-19(25-22(23)26-21)15-29(27-20)14-18-8-6-17(7-9-18)13-24-16(2)3/h6-9,15-16,24,30H,4-5,10-14H2,1-3H3,(H2,23,25). The minimum atomic E-state index is 0.0494. The minimum Gasteiger partial charge on any atom is -0.395 e. The number of aliphatic hydroxyl groups is 1. The number of nitrogens with one attached hydrogen (secondary N) is 1. The van der Waals surface area contributed by atoms with E-state index in [4.69, 9.17) is 10.8 Å². The molecule has 0 aliphatic carbocycles. The summed E-state index contributed by atoms with van der Waals surface area (Å²) in [6.07, 6.45) is 3.97. The van der Waals surface area contributed by atoms with E-state index in [0.29, 0.717) is 30.5 Å². The van der Waals surface area contributed by atoms with Crippen LogP contribution in [-0.2, 0) is 13.1 Å². The van der Waals surface area contributed by atoms with Gasteiger partial charge in [-0.3, -0.25) is 4.68 Å². The van der Waals surface area contributed by atoms with Crippen molar-refractivity contribution in [3.8, 4) is 0 Å². The number of fused-ring (bicyclic) bond motifs is 1. The molecule has 0 fully saturated rings. The molecule has 0 radical (unpaired) electrons. The first-order valence-corrected chi connectivity index (χ1v) is 10.7. The second kappa shape index (κ2) is 10.4. The Balaban J connectivity index is 1.82. The van der Waals surface area contributed by atoms with Crippen molar-refractivity contribution in [3.05, 3.63) is 41.6 Å². The van der Waals surface area contributed by atoms with Crippen molar-refractivity contribution in [3.63, 3.8) is 0 Å². The molecular weight excluding hydrogens is 378 g/mol. The summed E-state index contributed by atoms with van der Waals surface area (Å²) in [5, 5.41) is 17.7. The van der Waals surface area contributed by atoms with Gasteiger partial charge in [0.1, 0.15) is 5.52 Å². The van der Waals surface area contributed by atoms with E-state index in [-0.39, 0.29) is 12.6 Å². The SMILES string of the molecule is CCCCN(CCO)c1nc(N)nc2cn(Cc3ccc(CNC(C)C)cc3)nc12. The fraction of sp³-hybridized carbons (Fsp3) is 0.500. The highest BCUT2D eigenvalue weighted by molar-refractivity contribution is 5.86. The summed E-state index contributed by atoms with van der Waals surface area (Å²) in [4.78, 5) is 10.8. The highest BCUT2D eigenvalue weighted by Gasteiger charge is 2.17. The molecule has 0 atom stereocenters. The number of nitrogen functional groups attached to an aromatic ring is 1. The normalized spacial score (nSPS) is 11.5.